The molecule has 2 aromatic rings. The summed E-state index contributed by atoms with van der Waals surface area (Å²) in [5.74, 6) is -0.329. The van der Waals surface area contributed by atoms with E-state index >= 15 is 0 Å². The molecule has 0 saturated heterocycles. The molecule has 0 spiro atoms. The third kappa shape index (κ3) is 3.16. The minimum Gasteiger partial charge on any atom is -0.462 e. The highest BCUT2D eigenvalue weighted by Crippen LogP contribution is 2.30. The molecule has 0 unspecified atom stereocenters. The first-order valence-electron chi connectivity index (χ1n) is 8.52. The number of pyridine rings is 1. The van der Waals surface area contributed by atoms with Crippen molar-refractivity contribution in [3.05, 3.63) is 18.0 Å². The Morgan fingerprint density at radius 3 is 2.78 bits per heavy atom. The molecule has 124 valence electrons. The maximum absolute atomic E-state index is 12.3. The fourth-order valence-electron chi connectivity index (χ4n) is 3.23. The van der Waals surface area contributed by atoms with Gasteiger partial charge in [0.1, 0.15) is 5.56 Å². The normalized spacial score (nSPS) is 15.7. The topological polar surface area (TPSA) is 69.0 Å². The molecule has 1 saturated carbocycles. The summed E-state index contributed by atoms with van der Waals surface area (Å²) in [7, 11) is 0. The van der Waals surface area contributed by atoms with E-state index < -0.39 is 0 Å². The van der Waals surface area contributed by atoms with Crippen LogP contribution < -0.4 is 5.32 Å². The third-order valence-corrected chi connectivity index (χ3v) is 4.41. The van der Waals surface area contributed by atoms with Crippen LogP contribution >= 0.6 is 0 Å². The Hall–Kier alpha value is -2.11. The fraction of sp³-hybridized carbons (Fsp3) is 0.588. The van der Waals surface area contributed by atoms with Crippen molar-refractivity contribution >= 4 is 22.7 Å². The van der Waals surface area contributed by atoms with Crippen LogP contribution in [0.5, 0.6) is 0 Å². The predicted molar refractivity (Wildman–Crippen MR) is 89.7 cm³/mol. The lowest BCUT2D eigenvalue weighted by Crippen LogP contribution is -2.24. The molecule has 3 rings (SSSR count). The van der Waals surface area contributed by atoms with Crippen LogP contribution in [0.3, 0.4) is 0 Å². The molecule has 1 aliphatic carbocycles. The molecule has 0 bridgehead atoms. The highest BCUT2D eigenvalue weighted by atomic mass is 16.5. The van der Waals surface area contributed by atoms with Crippen LogP contribution in [0.2, 0.25) is 0 Å². The van der Waals surface area contributed by atoms with Gasteiger partial charge in [0, 0.05) is 18.8 Å². The molecule has 2 heterocycles. The Balaban J connectivity index is 2.02. The minimum absolute atomic E-state index is 0.329. The molecule has 6 nitrogen and oxygen atoms in total. The van der Waals surface area contributed by atoms with E-state index in [1.54, 1.807) is 12.4 Å². The third-order valence-electron chi connectivity index (χ3n) is 4.41. The van der Waals surface area contributed by atoms with E-state index in [1.807, 2.05) is 18.5 Å². The molecule has 1 fully saturated rings. The Bertz CT molecular complexity index is 689. The van der Waals surface area contributed by atoms with Crippen molar-refractivity contribution in [1.82, 2.24) is 14.8 Å². The van der Waals surface area contributed by atoms with E-state index in [-0.39, 0.29) is 5.97 Å². The number of carbonyl (C=O) groups excluding carboxylic acids is 1. The molecule has 0 amide bonds. The van der Waals surface area contributed by atoms with Crippen LogP contribution in [0.4, 0.5) is 5.69 Å². The van der Waals surface area contributed by atoms with Crippen LogP contribution in [-0.4, -0.2) is 33.4 Å². The molecular weight excluding hydrogens is 292 g/mol. The van der Waals surface area contributed by atoms with Crippen LogP contribution in [0.1, 0.15) is 56.3 Å². The van der Waals surface area contributed by atoms with Gasteiger partial charge < -0.3 is 10.1 Å². The van der Waals surface area contributed by atoms with Crippen molar-refractivity contribution in [3.63, 3.8) is 0 Å². The average molecular weight is 316 g/mol. The van der Waals surface area contributed by atoms with E-state index in [9.17, 15) is 4.79 Å². The predicted octanol–water partition coefficient (Wildman–Crippen LogP) is 3.37. The first kappa shape index (κ1) is 15.8. The Morgan fingerprint density at radius 1 is 1.30 bits per heavy atom. The summed E-state index contributed by atoms with van der Waals surface area (Å²) in [6.07, 6.45) is 9.42. The maximum Gasteiger partial charge on any atom is 0.341 e. The van der Waals surface area contributed by atoms with Gasteiger partial charge in [0.15, 0.2) is 5.65 Å². The highest BCUT2D eigenvalue weighted by Gasteiger charge is 2.22. The van der Waals surface area contributed by atoms with Gasteiger partial charge in [-0.1, -0.05) is 19.3 Å². The van der Waals surface area contributed by atoms with E-state index in [4.69, 9.17) is 4.74 Å². The quantitative estimate of drug-likeness (QED) is 0.856. The molecule has 1 N–H and O–H groups in total. The number of nitrogens with zero attached hydrogens (tertiary/aromatic N) is 3. The lowest BCUT2D eigenvalue weighted by molar-refractivity contribution is 0.0527. The fourth-order valence-corrected chi connectivity index (χ4v) is 3.23. The standard InChI is InChI=1S/C17H24N4O2/c1-3-21-16-13(11-19-21)15(20-12-8-6-5-7-9-12)14(10-18-16)17(22)23-4-2/h10-12H,3-9H2,1-2H3,(H,18,20). The Kier molecular flexibility index (Phi) is 4.79. The largest absolute Gasteiger partial charge is 0.462 e. The van der Waals surface area contributed by atoms with Crippen LogP contribution in [-0.2, 0) is 11.3 Å². The number of hydrogen-bond donors (Lipinski definition) is 1. The summed E-state index contributed by atoms with van der Waals surface area (Å²) in [6, 6.07) is 0.396. The van der Waals surface area contributed by atoms with Gasteiger partial charge in [-0.3, -0.25) is 0 Å². The zero-order valence-corrected chi connectivity index (χ0v) is 13.8. The number of fused-ring (bicyclic) bond motifs is 1. The van der Waals surface area contributed by atoms with Gasteiger partial charge in [-0.25, -0.2) is 14.5 Å². The summed E-state index contributed by atoms with van der Waals surface area (Å²) in [5.41, 5.74) is 2.12. The second-order valence-corrected chi connectivity index (χ2v) is 5.94. The van der Waals surface area contributed by atoms with E-state index in [2.05, 4.69) is 15.4 Å². The number of hydrogen-bond acceptors (Lipinski definition) is 5. The van der Waals surface area contributed by atoms with Crippen LogP contribution in [0.15, 0.2) is 12.4 Å². The molecule has 6 heteroatoms. The monoisotopic (exact) mass is 316 g/mol. The Labute approximate surface area is 136 Å². The molecule has 0 atom stereocenters. The van der Waals surface area contributed by atoms with Crippen molar-refractivity contribution in [3.8, 4) is 0 Å². The summed E-state index contributed by atoms with van der Waals surface area (Å²) in [5, 5.41) is 8.84. The zero-order valence-electron chi connectivity index (χ0n) is 13.8. The van der Waals surface area contributed by atoms with Gasteiger partial charge in [0.25, 0.3) is 0 Å². The van der Waals surface area contributed by atoms with Gasteiger partial charge in [-0.2, -0.15) is 5.10 Å². The molecule has 0 aliphatic heterocycles. The van der Waals surface area contributed by atoms with Crippen molar-refractivity contribution in [2.75, 3.05) is 11.9 Å². The van der Waals surface area contributed by atoms with Gasteiger partial charge in [-0.15, -0.1) is 0 Å². The first-order chi connectivity index (χ1) is 11.2. The van der Waals surface area contributed by atoms with E-state index in [0.29, 0.717) is 18.2 Å². The lowest BCUT2D eigenvalue weighted by atomic mass is 9.95. The van der Waals surface area contributed by atoms with Crippen molar-refractivity contribution in [1.29, 1.82) is 0 Å². The molecule has 2 aromatic heterocycles. The first-order valence-corrected chi connectivity index (χ1v) is 8.52. The molecule has 23 heavy (non-hydrogen) atoms. The van der Waals surface area contributed by atoms with Gasteiger partial charge >= 0.3 is 5.97 Å². The van der Waals surface area contributed by atoms with Crippen molar-refractivity contribution < 1.29 is 9.53 Å². The van der Waals surface area contributed by atoms with E-state index in [0.717, 1.165) is 36.1 Å². The number of ether oxygens (including phenoxy) is 1. The second kappa shape index (κ2) is 6.98. The number of rotatable bonds is 5. The van der Waals surface area contributed by atoms with Crippen LogP contribution in [0.25, 0.3) is 11.0 Å². The van der Waals surface area contributed by atoms with E-state index in [1.165, 1.54) is 19.3 Å². The number of esters is 1. The number of aryl methyl sites for hydroxylation is 1. The number of nitrogens with one attached hydrogen (secondary N) is 1. The summed E-state index contributed by atoms with van der Waals surface area (Å²) in [4.78, 5) is 16.7. The number of carbonyl (C=O) groups is 1. The molecule has 1 aliphatic rings. The summed E-state index contributed by atoms with van der Waals surface area (Å²) >= 11 is 0. The second-order valence-electron chi connectivity index (χ2n) is 5.94. The molecular formula is C17H24N4O2. The highest BCUT2D eigenvalue weighted by molar-refractivity contribution is 6.04. The van der Waals surface area contributed by atoms with Crippen molar-refractivity contribution in [2.24, 2.45) is 0 Å². The lowest BCUT2D eigenvalue weighted by Gasteiger charge is -2.25. The van der Waals surface area contributed by atoms with Gasteiger partial charge in [0.05, 0.1) is 23.9 Å². The summed E-state index contributed by atoms with van der Waals surface area (Å²) in [6.45, 7) is 4.95. The SMILES string of the molecule is CCOC(=O)c1cnc2c(cnn2CC)c1NC1CCCCC1. The minimum atomic E-state index is -0.329. The van der Waals surface area contributed by atoms with Gasteiger partial charge in [-0.05, 0) is 26.7 Å². The van der Waals surface area contributed by atoms with Crippen LogP contribution in [0, 0.1) is 0 Å². The molecule has 0 radical (unpaired) electrons. The van der Waals surface area contributed by atoms with Crippen molar-refractivity contribution in [2.45, 2.75) is 58.5 Å². The molecule has 0 aromatic carbocycles. The maximum atomic E-state index is 12.3. The van der Waals surface area contributed by atoms with Gasteiger partial charge in [0.2, 0.25) is 0 Å². The summed E-state index contributed by atoms with van der Waals surface area (Å²) < 4.78 is 7.04. The Morgan fingerprint density at radius 2 is 2.09 bits per heavy atom. The zero-order chi connectivity index (χ0) is 16.2. The number of aromatic nitrogens is 3. The smallest absolute Gasteiger partial charge is 0.341 e. The average Bonchev–Trinajstić information content (AvgIpc) is 3.00. The number of anilines is 1.